The van der Waals surface area contributed by atoms with Gasteiger partial charge in [-0.2, -0.15) is 0 Å². The van der Waals surface area contributed by atoms with Crippen LogP contribution in [0.2, 0.25) is 0 Å². The first-order valence-electron chi connectivity index (χ1n) is 13.8. The molecule has 2 amide bonds. The Labute approximate surface area is 258 Å². The summed E-state index contributed by atoms with van der Waals surface area (Å²) >= 11 is 2.75. The number of benzene rings is 2. The van der Waals surface area contributed by atoms with Crippen LogP contribution >= 0.6 is 22.7 Å². The van der Waals surface area contributed by atoms with Crippen LogP contribution in [0.4, 0.5) is 8.78 Å². The van der Waals surface area contributed by atoms with Crippen LogP contribution in [0.5, 0.6) is 5.75 Å². The number of pyridine rings is 1. The van der Waals surface area contributed by atoms with Crippen molar-refractivity contribution >= 4 is 44.6 Å². The fraction of sp³-hybridized carbons (Fsp3) is 0.188. The Morgan fingerprint density at radius 1 is 1.16 bits per heavy atom. The van der Waals surface area contributed by atoms with Crippen molar-refractivity contribution in [2.24, 2.45) is 0 Å². The van der Waals surface area contributed by atoms with E-state index < -0.39 is 11.6 Å². The summed E-state index contributed by atoms with van der Waals surface area (Å²) in [5.41, 5.74) is 4.48. The number of nitrogens with zero attached hydrogens (tertiary/aromatic N) is 3. The number of hydrogen-bond donors (Lipinski definition) is 2. The second-order valence-corrected chi connectivity index (χ2v) is 12.3. The van der Waals surface area contributed by atoms with Gasteiger partial charge in [-0.1, -0.05) is 12.6 Å². The van der Waals surface area contributed by atoms with Crippen LogP contribution in [-0.4, -0.2) is 51.5 Å². The quantitative estimate of drug-likeness (QED) is 0.223. The molecule has 2 N–H and O–H groups in total. The summed E-state index contributed by atoms with van der Waals surface area (Å²) in [6, 6.07) is 9.33. The number of aliphatic hydroxyl groups excluding tert-OH is 1. The zero-order valence-electron chi connectivity index (χ0n) is 23.2. The molecule has 5 aromatic rings. The van der Waals surface area contributed by atoms with Crippen molar-refractivity contribution in [1.29, 1.82) is 0 Å². The standard InChI is InChI=1S/C32H24F2N4O4S2/c1-2-25(40)38-7-5-22-24(15-38)44-32(36-22)29-27(26-21(34)12-18(33)13-23(26)42-9-8-39)30-20(6-10-43-30)28(37-29)16-3-4-19-17(11-16)14-35-31(19)41/h2-4,6,10-13,39H,1,5,7-9,14-15H2,(H,35,41). The Bertz CT molecular complexity index is 2000. The number of thiophene rings is 1. The molecule has 8 nitrogen and oxygen atoms in total. The monoisotopic (exact) mass is 630 g/mol. The second-order valence-electron chi connectivity index (χ2n) is 10.3. The SMILES string of the molecule is C=CC(=O)N1CCc2nc(-c3nc(-c4ccc5c(c4)CNC5=O)c4ccsc4c3-c3c(F)cc(F)cc3OCCO)sc2C1. The fourth-order valence-electron chi connectivity index (χ4n) is 5.69. The molecular weight excluding hydrogens is 607 g/mol. The summed E-state index contributed by atoms with van der Waals surface area (Å²) in [7, 11) is 0. The fourth-order valence-corrected chi connectivity index (χ4v) is 7.76. The minimum absolute atomic E-state index is 0.0155. The van der Waals surface area contributed by atoms with Gasteiger partial charge in [-0.05, 0) is 35.2 Å². The van der Waals surface area contributed by atoms with E-state index in [1.807, 2.05) is 23.6 Å². The molecule has 7 rings (SSSR count). The van der Waals surface area contributed by atoms with Crippen molar-refractivity contribution in [3.8, 4) is 38.8 Å². The molecule has 0 unspecified atom stereocenters. The van der Waals surface area contributed by atoms with E-state index in [2.05, 4.69) is 11.9 Å². The minimum atomic E-state index is -0.838. The summed E-state index contributed by atoms with van der Waals surface area (Å²) < 4.78 is 36.7. The summed E-state index contributed by atoms with van der Waals surface area (Å²) in [6.45, 7) is 4.36. The lowest BCUT2D eigenvalue weighted by Crippen LogP contribution is -2.34. The molecule has 0 bridgehead atoms. The summed E-state index contributed by atoms with van der Waals surface area (Å²) in [5.74, 6) is -2.01. The number of aliphatic hydroxyl groups is 1. The van der Waals surface area contributed by atoms with Crippen LogP contribution in [0.25, 0.3) is 43.2 Å². The number of halogens is 2. The summed E-state index contributed by atoms with van der Waals surface area (Å²) in [5, 5.41) is 15.4. The topological polar surface area (TPSA) is 105 Å². The first-order valence-corrected chi connectivity index (χ1v) is 15.5. The number of nitrogens with one attached hydrogen (secondary N) is 1. The molecule has 0 atom stereocenters. The van der Waals surface area contributed by atoms with Gasteiger partial charge in [-0.3, -0.25) is 9.59 Å². The number of amides is 2. The van der Waals surface area contributed by atoms with Gasteiger partial charge in [0.15, 0.2) is 0 Å². The Morgan fingerprint density at radius 3 is 2.84 bits per heavy atom. The molecule has 2 aromatic carbocycles. The maximum atomic E-state index is 15.9. The number of fused-ring (bicyclic) bond motifs is 3. The average Bonchev–Trinajstić information content (AvgIpc) is 3.77. The Kier molecular flexibility index (Phi) is 7.19. The Morgan fingerprint density at radius 2 is 2.02 bits per heavy atom. The molecule has 0 fully saturated rings. The highest BCUT2D eigenvalue weighted by molar-refractivity contribution is 7.18. The van der Waals surface area contributed by atoms with Crippen molar-refractivity contribution in [2.75, 3.05) is 19.8 Å². The van der Waals surface area contributed by atoms with Gasteiger partial charge in [0.05, 0.1) is 30.1 Å². The van der Waals surface area contributed by atoms with Crippen LogP contribution in [0.15, 0.2) is 54.4 Å². The summed E-state index contributed by atoms with van der Waals surface area (Å²) in [6.07, 6.45) is 1.82. The third-order valence-corrected chi connectivity index (χ3v) is 9.73. The Hall–Kier alpha value is -4.52. The molecule has 0 radical (unpaired) electrons. The van der Waals surface area contributed by atoms with E-state index in [0.29, 0.717) is 58.3 Å². The molecule has 0 saturated heterocycles. The van der Waals surface area contributed by atoms with Gasteiger partial charge in [0.25, 0.3) is 5.91 Å². The van der Waals surface area contributed by atoms with Crippen molar-refractivity contribution in [3.05, 3.63) is 87.8 Å². The average molecular weight is 631 g/mol. The van der Waals surface area contributed by atoms with Gasteiger partial charge in [-0.25, -0.2) is 18.7 Å². The van der Waals surface area contributed by atoms with Crippen molar-refractivity contribution in [3.63, 3.8) is 0 Å². The van der Waals surface area contributed by atoms with Crippen molar-refractivity contribution in [1.82, 2.24) is 20.2 Å². The largest absolute Gasteiger partial charge is 0.490 e. The number of aromatic nitrogens is 2. The van der Waals surface area contributed by atoms with Crippen molar-refractivity contribution in [2.45, 2.75) is 19.5 Å². The number of hydrogen-bond acceptors (Lipinski definition) is 8. The smallest absolute Gasteiger partial charge is 0.251 e. The zero-order chi connectivity index (χ0) is 30.5. The minimum Gasteiger partial charge on any atom is -0.490 e. The molecule has 3 aromatic heterocycles. The van der Waals surface area contributed by atoms with Crippen LogP contribution < -0.4 is 10.1 Å². The van der Waals surface area contributed by atoms with Crippen molar-refractivity contribution < 1.29 is 28.2 Å². The molecule has 12 heteroatoms. The second kappa shape index (κ2) is 11.2. The lowest BCUT2D eigenvalue weighted by Gasteiger charge is -2.24. The number of ether oxygens (including phenoxy) is 1. The molecule has 0 saturated carbocycles. The van der Waals surface area contributed by atoms with Gasteiger partial charge in [0.2, 0.25) is 5.91 Å². The first kappa shape index (κ1) is 28.3. The molecule has 5 heterocycles. The van der Waals surface area contributed by atoms with Gasteiger partial charge in [0.1, 0.15) is 34.7 Å². The van der Waals surface area contributed by atoms with E-state index in [-0.39, 0.29) is 36.3 Å². The highest BCUT2D eigenvalue weighted by Crippen LogP contribution is 2.48. The van der Waals surface area contributed by atoms with Crippen LogP contribution in [0.1, 0.15) is 26.5 Å². The van der Waals surface area contributed by atoms with Gasteiger partial charge >= 0.3 is 0 Å². The van der Waals surface area contributed by atoms with Crippen LogP contribution in [0.3, 0.4) is 0 Å². The molecule has 44 heavy (non-hydrogen) atoms. The van der Waals surface area contributed by atoms with E-state index in [1.165, 1.54) is 28.7 Å². The van der Waals surface area contributed by atoms with E-state index in [4.69, 9.17) is 14.7 Å². The normalized spacial score (nSPS) is 14.0. The molecule has 0 aliphatic carbocycles. The van der Waals surface area contributed by atoms with Gasteiger partial charge in [-0.15, -0.1) is 22.7 Å². The molecule has 2 aliphatic heterocycles. The van der Waals surface area contributed by atoms with Crippen LogP contribution in [0, 0.1) is 11.6 Å². The molecule has 2 aliphatic rings. The highest BCUT2D eigenvalue weighted by Gasteiger charge is 2.30. The maximum absolute atomic E-state index is 15.9. The highest BCUT2D eigenvalue weighted by atomic mass is 32.1. The Balaban J connectivity index is 1.49. The van der Waals surface area contributed by atoms with Gasteiger partial charge in [0, 0.05) is 63.3 Å². The zero-order valence-corrected chi connectivity index (χ0v) is 24.8. The maximum Gasteiger partial charge on any atom is 0.251 e. The predicted octanol–water partition coefficient (Wildman–Crippen LogP) is 5.72. The first-order chi connectivity index (χ1) is 21.4. The lowest BCUT2D eigenvalue weighted by molar-refractivity contribution is -0.126. The molecule has 222 valence electrons. The third-order valence-electron chi connectivity index (χ3n) is 7.71. The van der Waals surface area contributed by atoms with E-state index in [1.54, 1.807) is 11.0 Å². The molecule has 0 spiro atoms. The number of carbonyl (C=O) groups is 2. The molecular formula is C32H24F2N4O4S2. The van der Waals surface area contributed by atoms with E-state index in [9.17, 15) is 19.1 Å². The third kappa shape index (κ3) is 4.75. The number of rotatable bonds is 7. The van der Waals surface area contributed by atoms with E-state index in [0.717, 1.165) is 39.2 Å². The predicted molar refractivity (Wildman–Crippen MR) is 165 cm³/mol. The number of carbonyl (C=O) groups excluding carboxylic acids is 2. The summed E-state index contributed by atoms with van der Waals surface area (Å²) in [4.78, 5) is 37.2. The van der Waals surface area contributed by atoms with Gasteiger partial charge < -0.3 is 20.1 Å². The van der Waals surface area contributed by atoms with Crippen LogP contribution in [-0.2, 0) is 24.3 Å². The number of thiazole rings is 1. The lowest BCUT2D eigenvalue weighted by atomic mass is 9.96. The van der Waals surface area contributed by atoms with E-state index >= 15 is 4.39 Å².